The van der Waals surface area contributed by atoms with Crippen LogP contribution in [0.25, 0.3) is 0 Å². The Labute approximate surface area is 82.8 Å². The van der Waals surface area contributed by atoms with Crippen molar-refractivity contribution >= 4 is 11.6 Å². The molecule has 0 saturated carbocycles. The van der Waals surface area contributed by atoms with Gasteiger partial charge in [0.15, 0.2) is 0 Å². The average Bonchev–Trinajstić information content (AvgIpc) is 2.16. The molecular formula is C9H13ClN2O. The highest BCUT2D eigenvalue weighted by molar-refractivity contribution is 6.32. The smallest absolute Gasteiger partial charge is 0.137 e. The molecule has 0 spiro atoms. The van der Waals surface area contributed by atoms with Crippen LogP contribution in [0.2, 0.25) is 5.02 Å². The number of rotatable bonds is 3. The zero-order valence-corrected chi connectivity index (χ0v) is 8.43. The van der Waals surface area contributed by atoms with Crippen molar-refractivity contribution in [3.05, 3.63) is 28.8 Å². The Balaban J connectivity index is 2.95. The summed E-state index contributed by atoms with van der Waals surface area (Å²) in [5, 5.41) is 3.50. The molecule has 0 aliphatic carbocycles. The van der Waals surface area contributed by atoms with Crippen molar-refractivity contribution in [3.8, 4) is 5.75 Å². The third kappa shape index (κ3) is 2.34. The van der Waals surface area contributed by atoms with Crippen LogP contribution in [0.15, 0.2) is 18.2 Å². The molecule has 72 valence electrons. The standard InChI is InChI=1S/C9H13ClN2O/c1-12-9(11)6-3-4-8(13-2)7(10)5-6/h3-5,9,12H,11H2,1-2H3. The molecule has 0 heterocycles. The molecule has 0 aliphatic rings. The highest BCUT2D eigenvalue weighted by Gasteiger charge is 2.06. The molecule has 3 N–H and O–H groups in total. The van der Waals surface area contributed by atoms with Crippen LogP contribution < -0.4 is 15.8 Å². The summed E-state index contributed by atoms with van der Waals surface area (Å²) in [6.07, 6.45) is -0.191. The highest BCUT2D eigenvalue weighted by atomic mass is 35.5. The molecule has 1 unspecified atom stereocenters. The van der Waals surface area contributed by atoms with Gasteiger partial charge < -0.3 is 15.8 Å². The third-order valence-electron chi connectivity index (χ3n) is 1.85. The summed E-state index contributed by atoms with van der Waals surface area (Å²) in [5.74, 6) is 0.661. The van der Waals surface area contributed by atoms with E-state index < -0.39 is 0 Å². The molecule has 0 aliphatic heterocycles. The monoisotopic (exact) mass is 200 g/mol. The molecule has 1 aromatic carbocycles. The van der Waals surface area contributed by atoms with E-state index in [-0.39, 0.29) is 6.17 Å². The lowest BCUT2D eigenvalue weighted by Crippen LogP contribution is -2.24. The number of ether oxygens (including phenoxy) is 1. The van der Waals surface area contributed by atoms with Crippen LogP contribution in [0.4, 0.5) is 0 Å². The van der Waals surface area contributed by atoms with Crippen molar-refractivity contribution in [2.45, 2.75) is 6.17 Å². The molecule has 0 amide bonds. The number of nitrogens with two attached hydrogens (primary N) is 1. The van der Waals surface area contributed by atoms with Crippen molar-refractivity contribution in [2.75, 3.05) is 14.2 Å². The molecule has 0 aromatic heterocycles. The van der Waals surface area contributed by atoms with Crippen LogP contribution in [0.5, 0.6) is 5.75 Å². The minimum Gasteiger partial charge on any atom is -0.495 e. The number of methoxy groups -OCH3 is 1. The second kappa shape index (κ2) is 4.46. The van der Waals surface area contributed by atoms with E-state index >= 15 is 0 Å². The van der Waals surface area contributed by atoms with Crippen LogP contribution >= 0.6 is 11.6 Å². The lowest BCUT2D eigenvalue weighted by Gasteiger charge is -2.12. The summed E-state index contributed by atoms with van der Waals surface area (Å²) >= 11 is 5.92. The molecule has 4 heteroatoms. The Morgan fingerprint density at radius 3 is 2.69 bits per heavy atom. The number of hydrogen-bond donors (Lipinski definition) is 2. The topological polar surface area (TPSA) is 47.3 Å². The molecule has 0 saturated heterocycles. The van der Waals surface area contributed by atoms with Crippen LogP contribution in [0.1, 0.15) is 11.7 Å². The Kier molecular flexibility index (Phi) is 3.54. The largest absolute Gasteiger partial charge is 0.495 e. The number of benzene rings is 1. The fourth-order valence-corrected chi connectivity index (χ4v) is 1.31. The summed E-state index contributed by atoms with van der Waals surface area (Å²) in [7, 11) is 3.38. The number of halogens is 1. The quantitative estimate of drug-likeness (QED) is 0.728. The van der Waals surface area contributed by atoms with E-state index in [1.807, 2.05) is 6.07 Å². The fourth-order valence-electron chi connectivity index (χ4n) is 1.04. The minimum atomic E-state index is -0.191. The van der Waals surface area contributed by atoms with Gasteiger partial charge in [-0.05, 0) is 24.7 Å². The lowest BCUT2D eigenvalue weighted by molar-refractivity contribution is 0.414. The second-order valence-corrected chi connectivity index (χ2v) is 3.07. The molecule has 1 aromatic rings. The number of nitrogens with one attached hydrogen (secondary N) is 1. The van der Waals surface area contributed by atoms with Crippen LogP contribution in [-0.4, -0.2) is 14.2 Å². The van der Waals surface area contributed by atoms with E-state index in [1.54, 1.807) is 26.3 Å². The maximum atomic E-state index is 5.92. The van der Waals surface area contributed by atoms with Crippen molar-refractivity contribution in [1.82, 2.24) is 5.32 Å². The summed E-state index contributed by atoms with van der Waals surface area (Å²) < 4.78 is 5.02. The minimum absolute atomic E-state index is 0.191. The highest BCUT2D eigenvalue weighted by Crippen LogP contribution is 2.26. The van der Waals surface area contributed by atoms with Crippen molar-refractivity contribution < 1.29 is 4.74 Å². The lowest BCUT2D eigenvalue weighted by atomic mass is 10.2. The first-order chi connectivity index (χ1) is 6.19. The van der Waals surface area contributed by atoms with Crippen LogP contribution in [0, 0.1) is 0 Å². The van der Waals surface area contributed by atoms with E-state index in [0.717, 1.165) is 5.56 Å². The molecule has 13 heavy (non-hydrogen) atoms. The molecule has 0 radical (unpaired) electrons. The molecule has 1 atom stereocenters. The first-order valence-corrected chi connectivity index (χ1v) is 4.33. The Morgan fingerprint density at radius 1 is 1.54 bits per heavy atom. The molecular weight excluding hydrogens is 188 g/mol. The van der Waals surface area contributed by atoms with Gasteiger partial charge in [-0.3, -0.25) is 0 Å². The fraction of sp³-hybridized carbons (Fsp3) is 0.333. The zero-order valence-electron chi connectivity index (χ0n) is 7.67. The third-order valence-corrected chi connectivity index (χ3v) is 2.14. The van der Waals surface area contributed by atoms with E-state index in [1.165, 1.54) is 0 Å². The maximum absolute atomic E-state index is 5.92. The summed E-state index contributed by atoms with van der Waals surface area (Å²) in [5.41, 5.74) is 6.68. The van der Waals surface area contributed by atoms with E-state index in [4.69, 9.17) is 22.1 Å². The molecule has 3 nitrogen and oxygen atoms in total. The van der Waals surface area contributed by atoms with Gasteiger partial charge in [0.05, 0.1) is 18.3 Å². The van der Waals surface area contributed by atoms with Gasteiger partial charge in [0.1, 0.15) is 5.75 Å². The van der Waals surface area contributed by atoms with Gasteiger partial charge in [-0.25, -0.2) is 0 Å². The molecule has 1 rings (SSSR count). The first kappa shape index (κ1) is 10.3. The molecule has 0 bridgehead atoms. The predicted molar refractivity (Wildman–Crippen MR) is 54.0 cm³/mol. The van der Waals surface area contributed by atoms with Gasteiger partial charge in [0, 0.05) is 0 Å². The Bertz CT molecular complexity index is 291. The van der Waals surface area contributed by atoms with Gasteiger partial charge in [-0.2, -0.15) is 0 Å². The SMILES string of the molecule is CNC(N)c1ccc(OC)c(Cl)c1. The Hall–Kier alpha value is -0.770. The summed E-state index contributed by atoms with van der Waals surface area (Å²) in [4.78, 5) is 0. The van der Waals surface area contributed by atoms with Crippen LogP contribution in [0.3, 0.4) is 0 Å². The van der Waals surface area contributed by atoms with Gasteiger partial charge in [-0.15, -0.1) is 0 Å². The predicted octanol–water partition coefficient (Wildman–Crippen LogP) is 1.53. The number of hydrogen-bond acceptors (Lipinski definition) is 3. The summed E-state index contributed by atoms with van der Waals surface area (Å²) in [6.45, 7) is 0. The van der Waals surface area contributed by atoms with Crippen molar-refractivity contribution in [2.24, 2.45) is 5.73 Å². The molecule has 0 fully saturated rings. The van der Waals surface area contributed by atoms with Gasteiger partial charge in [0.25, 0.3) is 0 Å². The van der Waals surface area contributed by atoms with Gasteiger partial charge in [-0.1, -0.05) is 17.7 Å². The summed E-state index contributed by atoms with van der Waals surface area (Å²) in [6, 6.07) is 5.47. The zero-order chi connectivity index (χ0) is 9.84. The Morgan fingerprint density at radius 2 is 2.23 bits per heavy atom. The maximum Gasteiger partial charge on any atom is 0.137 e. The normalized spacial score (nSPS) is 12.6. The first-order valence-electron chi connectivity index (χ1n) is 3.95. The van der Waals surface area contributed by atoms with E-state index in [2.05, 4.69) is 5.32 Å². The second-order valence-electron chi connectivity index (χ2n) is 2.66. The van der Waals surface area contributed by atoms with Gasteiger partial charge >= 0.3 is 0 Å². The van der Waals surface area contributed by atoms with E-state index in [9.17, 15) is 0 Å². The average molecular weight is 201 g/mol. The van der Waals surface area contributed by atoms with Gasteiger partial charge in [0.2, 0.25) is 0 Å². The van der Waals surface area contributed by atoms with Crippen LogP contribution in [-0.2, 0) is 0 Å². The van der Waals surface area contributed by atoms with Crippen molar-refractivity contribution in [3.63, 3.8) is 0 Å². The van der Waals surface area contributed by atoms with E-state index in [0.29, 0.717) is 10.8 Å². The van der Waals surface area contributed by atoms with Crippen molar-refractivity contribution in [1.29, 1.82) is 0 Å².